The van der Waals surface area contributed by atoms with Gasteiger partial charge in [-0.1, -0.05) is 30.7 Å². The standard InChI is InChI=1S/C17H21F3O3/c1-5-6-9(2)7-10(3)13-11(4)15(22)14(17(18,19)20)12(8-21)16(13)23/h5-7,10,21-23H,8H2,1-4H3/b6-5-,9-7+. The van der Waals surface area contributed by atoms with Crippen LogP contribution in [0, 0.1) is 6.92 Å². The SMILES string of the molecule is C/C=C\C(C)=C\C(C)c1c(C)c(O)c(C(F)(F)F)c(CO)c1O. The molecule has 0 bridgehead atoms. The lowest BCUT2D eigenvalue weighted by molar-refractivity contribution is -0.140. The molecule has 0 heterocycles. The fourth-order valence-corrected chi connectivity index (χ4v) is 2.73. The van der Waals surface area contributed by atoms with Gasteiger partial charge in [-0.2, -0.15) is 13.2 Å². The van der Waals surface area contributed by atoms with Crippen LogP contribution in [0.25, 0.3) is 0 Å². The van der Waals surface area contributed by atoms with Crippen LogP contribution in [0.3, 0.4) is 0 Å². The number of phenolic OH excluding ortho intramolecular Hbond substituents is 1. The second-order valence-corrected chi connectivity index (χ2v) is 5.44. The molecule has 0 saturated carbocycles. The molecule has 1 aromatic rings. The minimum atomic E-state index is -4.87. The van der Waals surface area contributed by atoms with Crippen molar-refractivity contribution in [1.82, 2.24) is 0 Å². The number of aliphatic hydroxyl groups excluding tert-OH is 1. The lowest BCUT2D eigenvalue weighted by atomic mass is 9.88. The number of allylic oxidation sites excluding steroid dienone is 4. The molecule has 128 valence electrons. The number of phenols is 2. The van der Waals surface area contributed by atoms with Crippen molar-refractivity contribution < 1.29 is 28.5 Å². The smallest absolute Gasteiger partial charge is 0.420 e. The first kappa shape index (κ1) is 19.1. The maximum atomic E-state index is 13.1. The largest absolute Gasteiger partial charge is 0.507 e. The van der Waals surface area contributed by atoms with Crippen molar-refractivity contribution in [3.63, 3.8) is 0 Å². The third-order valence-corrected chi connectivity index (χ3v) is 3.68. The molecule has 23 heavy (non-hydrogen) atoms. The summed E-state index contributed by atoms with van der Waals surface area (Å²) in [5, 5.41) is 29.4. The molecule has 0 radical (unpaired) electrons. The average molecular weight is 330 g/mol. The summed E-state index contributed by atoms with van der Waals surface area (Å²) >= 11 is 0. The van der Waals surface area contributed by atoms with E-state index < -0.39 is 41.3 Å². The molecule has 0 saturated heterocycles. The Labute approximate surface area is 133 Å². The van der Waals surface area contributed by atoms with E-state index in [1.807, 2.05) is 26.0 Å². The van der Waals surface area contributed by atoms with Crippen LogP contribution in [-0.2, 0) is 12.8 Å². The molecular weight excluding hydrogens is 309 g/mol. The van der Waals surface area contributed by atoms with Gasteiger partial charge in [-0.05, 0) is 26.3 Å². The average Bonchev–Trinajstić information content (AvgIpc) is 2.41. The highest BCUT2D eigenvalue weighted by molar-refractivity contribution is 5.60. The van der Waals surface area contributed by atoms with Gasteiger partial charge in [0.1, 0.15) is 17.1 Å². The highest BCUT2D eigenvalue weighted by atomic mass is 19.4. The molecule has 0 fully saturated rings. The van der Waals surface area contributed by atoms with Gasteiger partial charge in [0.25, 0.3) is 0 Å². The minimum absolute atomic E-state index is 0.0518. The van der Waals surface area contributed by atoms with Crippen LogP contribution in [0.2, 0.25) is 0 Å². The first-order valence-corrected chi connectivity index (χ1v) is 7.12. The molecule has 0 aliphatic heterocycles. The van der Waals surface area contributed by atoms with E-state index in [0.29, 0.717) is 0 Å². The summed E-state index contributed by atoms with van der Waals surface area (Å²) in [6, 6.07) is 0. The second-order valence-electron chi connectivity index (χ2n) is 5.44. The molecule has 0 aliphatic rings. The second kappa shape index (κ2) is 7.08. The Morgan fingerprint density at radius 2 is 1.78 bits per heavy atom. The minimum Gasteiger partial charge on any atom is -0.507 e. The van der Waals surface area contributed by atoms with Crippen LogP contribution in [0.15, 0.2) is 23.8 Å². The van der Waals surface area contributed by atoms with Crippen molar-refractivity contribution in [2.75, 3.05) is 0 Å². The topological polar surface area (TPSA) is 60.7 Å². The number of hydrogen-bond donors (Lipinski definition) is 3. The Balaban J connectivity index is 3.65. The first-order valence-electron chi connectivity index (χ1n) is 7.12. The lowest BCUT2D eigenvalue weighted by Gasteiger charge is -2.22. The van der Waals surface area contributed by atoms with E-state index in [4.69, 9.17) is 0 Å². The van der Waals surface area contributed by atoms with Gasteiger partial charge in [0.15, 0.2) is 0 Å². The number of aliphatic hydroxyl groups is 1. The fourth-order valence-electron chi connectivity index (χ4n) is 2.73. The van der Waals surface area contributed by atoms with Gasteiger partial charge in [-0.15, -0.1) is 0 Å². The number of rotatable bonds is 4. The summed E-state index contributed by atoms with van der Waals surface area (Å²) in [6.07, 6.45) is 0.521. The maximum absolute atomic E-state index is 13.1. The van der Waals surface area contributed by atoms with Gasteiger partial charge in [-0.3, -0.25) is 0 Å². The summed E-state index contributed by atoms with van der Waals surface area (Å²) in [6.45, 7) is 5.64. The van der Waals surface area contributed by atoms with E-state index in [2.05, 4.69) is 0 Å². The van der Waals surface area contributed by atoms with Crippen molar-refractivity contribution in [2.24, 2.45) is 0 Å². The monoisotopic (exact) mass is 330 g/mol. The van der Waals surface area contributed by atoms with Gasteiger partial charge in [0, 0.05) is 17.0 Å². The summed E-state index contributed by atoms with van der Waals surface area (Å²) < 4.78 is 39.3. The van der Waals surface area contributed by atoms with Crippen LogP contribution in [-0.4, -0.2) is 15.3 Å². The number of hydrogen-bond acceptors (Lipinski definition) is 3. The van der Waals surface area contributed by atoms with Crippen molar-refractivity contribution in [3.8, 4) is 11.5 Å². The van der Waals surface area contributed by atoms with E-state index in [1.54, 1.807) is 13.0 Å². The lowest BCUT2D eigenvalue weighted by Crippen LogP contribution is -2.13. The van der Waals surface area contributed by atoms with Gasteiger partial charge in [0.2, 0.25) is 0 Å². The molecule has 1 aromatic carbocycles. The molecule has 0 aliphatic carbocycles. The van der Waals surface area contributed by atoms with Crippen LogP contribution < -0.4 is 0 Å². The van der Waals surface area contributed by atoms with Crippen LogP contribution in [0.1, 0.15) is 48.9 Å². The molecule has 1 rings (SSSR count). The highest BCUT2D eigenvalue weighted by Crippen LogP contribution is 2.47. The van der Waals surface area contributed by atoms with E-state index >= 15 is 0 Å². The Kier molecular flexibility index (Phi) is 5.88. The molecule has 3 N–H and O–H groups in total. The van der Waals surface area contributed by atoms with E-state index in [1.165, 1.54) is 6.92 Å². The number of aromatic hydroxyl groups is 2. The van der Waals surface area contributed by atoms with Crippen LogP contribution in [0.4, 0.5) is 13.2 Å². The number of halogens is 3. The van der Waals surface area contributed by atoms with Crippen molar-refractivity contribution in [1.29, 1.82) is 0 Å². The van der Waals surface area contributed by atoms with Gasteiger partial charge in [-0.25, -0.2) is 0 Å². The van der Waals surface area contributed by atoms with Crippen molar-refractivity contribution >= 4 is 0 Å². The summed E-state index contributed by atoms with van der Waals surface area (Å²) in [5.41, 5.74) is -1.11. The molecule has 6 heteroatoms. The zero-order valence-corrected chi connectivity index (χ0v) is 13.5. The van der Waals surface area contributed by atoms with E-state index in [0.717, 1.165) is 5.57 Å². The molecule has 3 nitrogen and oxygen atoms in total. The Bertz CT molecular complexity index is 644. The number of alkyl halides is 3. The first-order chi connectivity index (χ1) is 10.6. The molecular formula is C17H21F3O3. The molecule has 1 atom stereocenters. The van der Waals surface area contributed by atoms with Crippen LogP contribution in [0.5, 0.6) is 11.5 Å². The highest BCUT2D eigenvalue weighted by Gasteiger charge is 2.40. The zero-order valence-electron chi connectivity index (χ0n) is 13.5. The molecule has 0 amide bonds. The zero-order chi connectivity index (χ0) is 17.9. The fraction of sp³-hybridized carbons (Fsp3) is 0.412. The Morgan fingerprint density at radius 1 is 1.22 bits per heavy atom. The normalized spacial score (nSPS) is 14.5. The molecule has 0 aromatic heterocycles. The predicted octanol–water partition coefficient (Wildman–Crippen LogP) is 4.54. The van der Waals surface area contributed by atoms with Gasteiger partial charge >= 0.3 is 6.18 Å². The number of benzene rings is 1. The molecule has 0 spiro atoms. The van der Waals surface area contributed by atoms with Gasteiger partial charge < -0.3 is 15.3 Å². The van der Waals surface area contributed by atoms with Crippen LogP contribution >= 0.6 is 0 Å². The van der Waals surface area contributed by atoms with E-state index in [-0.39, 0.29) is 11.1 Å². The Hall–Kier alpha value is -1.95. The third kappa shape index (κ3) is 3.88. The third-order valence-electron chi connectivity index (χ3n) is 3.68. The van der Waals surface area contributed by atoms with Crippen molar-refractivity contribution in [3.05, 3.63) is 46.1 Å². The quantitative estimate of drug-likeness (QED) is 0.561. The summed E-state index contributed by atoms with van der Waals surface area (Å²) in [7, 11) is 0. The summed E-state index contributed by atoms with van der Waals surface area (Å²) in [5.74, 6) is -2.03. The molecule has 1 unspecified atom stereocenters. The van der Waals surface area contributed by atoms with E-state index in [9.17, 15) is 28.5 Å². The maximum Gasteiger partial charge on any atom is 0.420 e. The summed E-state index contributed by atoms with van der Waals surface area (Å²) in [4.78, 5) is 0. The van der Waals surface area contributed by atoms with Gasteiger partial charge in [0.05, 0.1) is 6.61 Å². The van der Waals surface area contributed by atoms with Crippen molar-refractivity contribution in [2.45, 2.75) is 46.4 Å². The Morgan fingerprint density at radius 3 is 2.22 bits per heavy atom. The predicted molar refractivity (Wildman–Crippen MR) is 82.4 cm³/mol.